The second-order valence-electron chi connectivity index (χ2n) is 10.7. The van der Waals surface area contributed by atoms with E-state index in [0.717, 1.165) is 84.9 Å². The van der Waals surface area contributed by atoms with Crippen LogP contribution < -0.4 is 5.73 Å². The van der Waals surface area contributed by atoms with Crippen molar-refractivity contribution in [1.82, 2.24) is 19.7 Å². The molecule has 37 heavy (non-hydrogen) atoms. The Morgan fingerprint density at radius 3 is 2.00 bits per heavy atom. The van der Waals surface area contributed by atoms with Crippen molar-refractivity contribution in [2.45, 2.75) is 69.7 Å². The van der Waals surface area contributed by atoms with Crippen molar-refractivity contribution in [2.75, 3.05) is 0 Å². The summed E-state index contributed by atoms with van der Waals surface area (Å²) in [7, 11) is 0. The standard InChI is InChI=1S/C30H35N5O.ClH/c31-29(36)30(24-9-3-1-4-10-24,25-11-5-2-6-12-25)35-27-14-8-7-13-26(27)34-28(35)22-17-15-21(16-18-22)23-19-32-33-20-23;/h7-8,13-20,24-25H,1-6,9-12H2,(H2,31,36)(H,32,33);1H. The summed E-state index contributed by atoms with van der Waals surface area (Å²) in [6, 6.07) is 16.7. The number of aromatic nitrogens is 4. The van der Waals surface area contributed by atoms with Gasteiger partial charge in [-0.1, -0.05) is 74.9 Å². The van der Waals surface area contributed by atoms with Gasteiger partial charge in [0.05, 0.1) is 17.2 Å². The molecule has 2 aliphatic carbocycles. The minimum Gasteiger partial charge on any atom is -0.368 e. The van der Waals surface area contributed by atoms with E-state index in [9.17, 15) is 4.79 Å². The first-order chi connectivity index (χ1) is 17.7. The van der Waals surface area contributed by atoms with Gasteiger partial charge in [0.15, 0.2) is 0 Å². The van der Waals surface area contributed by atoms with Crippen LogP contribution in [0.5, 0.6) is 0 Å². The second-order valence-corrected chi connectivity index (χ2v) is 10.7. The van der Waals surface area contributed by atoms with Gasteiger partial charge in [0, 0.05) is 17.3 Å². The zero-order chi connectivity index (χ0) is 24.5. The number of imidazole rings is 1. The summed E-state index contributed by atoms with van der Waals surface area (Å²) >= 11 is 0. The summed E-state index contributed by atoms with van der Waals surface area (Å²) in [6.45, 7) is 0. The van der Waals surface area contributed by atoms with E-state index in [2.05, 4.69) is 57.2 Å². The molecule has 2 aromatic heterocycles. The highest BCUT2D eigenvalue weighted by Gasteiger charge is 2.53. The molecule has 194 valence electrons. The van der Waals surface area contributed by atoms with Gasteiger partial charge in [-0.2, -0.15) is 5.10 Å². The molecule has 1 amide bonds. The lowest BCUT2D eigenvalue weighted by Gasteiger charge is -2.48. The third-order valence-corrected chi connectivity index (χ3v) is 8.76. The average Bonchev–Trinajstić information content (AvgIpc) is 3.60. The van der Waals surface area contributed by atoms with Crippen molar-refractivity contribution in [2.24, 2.45) is 17.6 Å². The van der Waals surface area contributed by atoms with E-state index in [-0.39, 0.29) is 30.2 Å². The zero-order valence-corrected chi connectivity index (χ0v) is 22.1. The molecule has 0 saturated heterocycles. The average molecular weight is 518 g/mol. The Balaban J connectivity index is 0.00000280. The Morgan fingerprint density at radius 2 is 1.43 bits per heavy atom. The number of primary amides is 1. The number of nitrogens with zero attached hydrogens (tertiary/aromatic N) is 3. The predicted molar refractivity (Wildman–Crippen MR) is 150 cm³/mol. The van der Waals surface area contributed by atoms with Crippen LogP contribution in [0, 0.1) is 11.8 Å². The number of nitrogens with two attached hydrogens (primary N) is 1. The van der Waals surface area contributed by atoms with Gasteiger partial charge < -0.3 is 10.3 Å². The lowest BCUT2D eigenvalue weighted by molar-refractivity contribution is -0.135. The van der Waals surface area contributed by atoms with Crippen LogP contribution in [0.25, 0.3) is 33.5 Å². The normalized spacial score (nSPS) is 17.5. The summed E-state index contributed by atoms with van der Waals surface area (Å²) in [6.07, 6.45) is 15.0. The van der Waals surface area contributed by atoms with Gasteiger partial charge in [-0.15, -0.1) is 12.4 Å². The van der Waals surface area contributed by atoms with Gasteiger partial charge in [0.1, 0.15) is 11.4 Å². The van der Waals surface area contributed by atoms with Crippen molar-refractivity contribution in [1.29, 1.82) is 0 Å². The topological polar surface area (TPSA) is 89.6 Å². The molecule has 7 heteroatoms. The molecular formula is C30H36ClN5O. The Labute approximate surface area is 224 Å². The lowest BCUT2D eigenvalue weighted by atomic mass is 9.63. The molecule has 0 atom stereocenters. The minimum absolute atomic E-state index is 0. The fourth-order valence-electron chi connectivity index (χ4n) is 7.11. The quantitative estimate of drug-likeness (QED) is 0.293. The molecule has 4 aromatic rings. The maximum atomic E-state index is 13.9. The zero-order valence-electron chi connectivity index (χ0n) is 21.2. The Hall–Kier alpha value is -3.12. The number of fused-ring (bicyclic) bond motifs is 1. The first kappa shape index (κ1) is 25.5. The van der Waals surface area contributed by atoms with E-state index >= 15 is 0 Å². The van der Waals surface area contributed by atoms with Crippen LogP contribution in [0.15, 0.2) is 60.9 Å². The largest absolute Gasteiger partial charge is 0.368 e. The molecule has 6 nitrogen and oxygen atoms in total. The molecule has 0 spiro atoms. The molecule has 2 fully saturated rings. The fraction of sp³-hybridized carbons (Fsp3) is 0.433. The number of hydrogen-bond donors (Lipinski definition) is 2. The summed E-state index contributed by atoms with van der Waals surface area (Å²) in [5.41, 5.74) is 10.9. The summed E-state index contributed by atoms with van der Waals surface area (Å²) < 4.78 is 2.30. The van der Waals surface area contributed by atoms with Gasteiger partial charge >= 0.3 is 0 Å². The SMILES string of the molecule is Cl.NC(=O)C(C1CCCCC1)(C1CCCCC1)n1c(-c2ccc(-c3cn[nH]c3)cc2)nc2ccccc21. The highest BCUT2D eigenvalue weighted by atomic mass is 35.5. The van der Waals surface area contributed by atoms with Gasteiger partial charge in [-0.25, -0.2) is 4.98 Å². The summed E-state index contributed by atoms with van der Waals surface area (Å²) in [5, 5.41) is 6.97. The van der Waals surface area contributed by atoms with E-state index < -0.39 is 5.54 Å². The number of aromatic amines is 1. The first-order valence-corrected chi connectivity index (χ1v) is 13.6. The molecule has 2 heterocycles. The number of nitrogens with one attached hydrogen (secondary N) is 1. The van der Waals surface area contributed by atoms with Gasteiger partial charge in [-0.3, -0.25) is 9.89 Å². The van der Waals surface area contributed by atoms with Crippen LogP contribution >= 0.6 is 12.4 Å². The van der Waals surface area contributed by atoms with Crippen LogP contribution in [0.4, 0.5) is 0 Å². The van der Waals surface area contributed by atoms with Crippen LogP contribution in [0.3, 0.4) is 0 Å². The number of carbonyl (C=O) groups is 1. The van der Waals surface area contributed by atoms with Crippen molar-refractivity contribution >= 4 is 29.3 Å². The number of carbonyl (C=O) groups excluding carboxylic acids is 1. The molecule has 3 N–H and O–H groups in total. The van der Waals surface area contributed by atoms with Crippen molar-refractivity contribution in [3.63, 3.8) is 0 Å². The molecule has 2 aromatic carbocycles. The smallest absolute Gasteiger partial charge is 0.244 e. The Kier molecular flexibility index (Phi) is 7.38. The number of rotatable bonds is 6. The lowest BCUT2D eigenvalue weighted by Crippen LogP contribution is -2.58. The van der Waals surface area contributed by atoms with E-state index in [0.29, 0.717) is 0 Å². The minimum atomic E-state index is -0.768. The van der Waals surface area contributed by atoms with Gasteiger partial charge in [-0.05, 0) is 55.2 Å². The van der Waals surface area contributed by atoms with Crippen LogP contribution in [0.2, 0.25) is 0 Å². The van der Waals surface area contributed by atoms with Gasteiger partial charge in [0.2, 0.25) is 5.91 Å². The molecule has 0 radical (unpaired) electrons. The number of amides is 1. The van der Waals surface area contributed by atoms with Crippen LogP contribution in [-0.4, -0.2) is 25.7 Å². The molecular weight excluding hydrogens is 482 g/mol. The molecule has 0 aliphatic heterocycles. The van der Waals surface area contributed by atoms with Crippen molar-refractivity contribution < 1.29 is 4.79 Å². The second kappa shape index (κ2) is 10.7. The maximum absolute atomic E-state index is 13.9. The summed E-state index contributed by atoms with van der Waals surface area (Å²) in [5.74, 6) is 1.13. The van der Waals surface area contributed by atoms with Crippen LogP contribution in [0.1, 0.15) is 64.2 Å². The Morgan fingerprint density at radius 1 is 0.838 bits per heavy atom. The molecule has 0 unspecified atom stereocenters. The monoisotopic (exact) mass is 517 g/mol. The van der Waals surface area contributed by atoms with Gasteiger partial charge in [0.25, 0.3) is 0 Å². The number of hydrogen-bond acceptors (Lipinski definition) is 3. The van der Waals surface area contributed by atoms with E-state index in [4.69, 9.17) is 10.7 Å². The predicted octanol–water partition coefficient (Wildman–Crippen LogP) is 6.86. The highest BCUT2D eigenvalue weighted by molar-refractivity contribution is 5.90. The van der Waals surface area contributed by atoms with Crippen molar-refractivity contribution in [3.8, 4) is 22.5 Å². The van der Waals surface area contributed by atoms with E-state index in [1.165, 1.54) is 12.8 Å². The summed E-state index contributed by atoms with van der Waals surface area (Å²) in [4.78, 5) is 19.1. The molecule has 2 aliphatic rings. The maximum Gasteiger partial charge on any atom is 0.244 e. The number of benzene rings is 2. The number of para-hydroxylation sites is 2. The third kappa shape index (κ3) is 4.35. The van der Waals surface area contributed by atoms with E-state index in [1.807, 2.05) is 18.5 Å². The van der Waals surface area contributed by atoms with Crippen LogP contribution in [-0.2, 0) is 10.3 Å². The molecule has 0 bridgehead atoms. The first-order valence-electron chi connectivity index (χ1n) is 13.6. The third-order valence-electron chi connectivity index (χ3n) is 8.76. The van der Waals surface area contributed by atoms with Crippen molar-refractivity contribution in [3.05, 3.63) is 60.9 Å². The highest BCUT2D eigenvalue weighted by Crippen LogP contribution is 2.50. The molecule has 2 saturated carbocycles. The number of H-pyrrole nitrogens is 1. The van der Waals surface area contributed by atoms with E-state index in [1.54, 1.807) is 0 Å². The molecule has 6 rings (SSSR count). The Bertz CT molecular complexity index is 1310. The number of halogens is 1. The fourth-order valence-corrected chi connectivity index (χ4v) is 7.11.